The lowest BCUT2D eigenvalue weighted by Gasteiger charge is -2.34. The summed E-state index contributed by atoms with van der Waals surface area (Å²) in [7, 11) is 0. The van der Waals surface area contributed by atoms with Crippen molar-refractivity contribution in [3.05, 3.63) is 42.1 Å². The molecule has 1 fully saturated rings. The van der Waals surface area contributed by atoms with E-state index in [1.807, 2.05) is 12.3 Å². The monoisotopic (exact) mass is 241 g/mol. The Balaban J connectivity index is 1.90. The highest BCUT2D eigenvalue weighted by atomic mass is 15.2. The Morgan fingerprint density at radius 2 is 2.22 bits per heavy atom. The van der Waals surface area contributed by atoms with Crippen LogP contribution in [0, 0.1) is 0 Å². The lowest BCUT2D eigenvalue weighted by Crippen LogP contribution is -2.49. The predicted octanol–water partition coefficient (Wildman–Crippen LogP) is 2.03. The van der Waals surface area contributed by atoms with E-state index >= 15 is 0 Å². The molecule has 0 bridgehead atoms. The summed E-state index contributed by atoms with van der Waals surface area (Å²) in [5.74, 6) is 0. The van der Waals surface area contributed by atoms with Crippen molar-refractivity contribution >= 4 is 10.9 Å². The first-order chi connectivity index (χ1) is 8.84. The zero-order valence-electron chi connectivity index (χ0n) is 10.8. The molecule has 3 rings (SSSR count). The third-order valence-electron chi connectivity index (χ3n) is 3.73. The zero-order valence-corrected chi connectivity index (χ0v) is 10.8. The van der Waals surface area contributed by atoms with Crippen molar-refractivity contribution in [1.29, 1.82) is 0 Å². The van der Waals surface area contributed by atoms with E-state index in [1.54, 1.807) is 0 Å². The number of benzene rings is 1. The first-order valence-electron chi connectivity index (χ1n) is 6.62. The fraction of sp³-hybridized carbons (Fsp3) is 0.400. The molecule has 0 amide bonds. The Morgan fingerprint density at radius 1 is 1.33 bits per heavy atom. The van der Waals surface area contributed by atoms with Crippen LogP contribution in [0.4, 0.5) is 0 Å². The van der Waals surface area contributed by atoms with Crippen molar-refractivity contribution in [2.75, 3.05) is 19.6 Å². The highest BCUT2D eigenvalue weighted by molar-refractivity contribution is 5.81. The number of hydrogen-bond acceptors (Lipinski definition) is 3. The number of piperazine rings is 1. The van der Waals surface area contributed by atoms with Crippen LogP contribution in [0.25, 0.3) is 10.9 Å². The summed E-state index contributed by atoms with van der Waals surface area (Å²) < 4.78 is 0. The van der Waals surface area contributed by atoms with Crippen LogP contribution in [0.15, 0.2) is 36.5 Å². The molecule has 3 nitrogen and oxygen atoms in total. The maximum Gasteiger partial charge on any atom is 0.0746 e. The second-order valence-electron chi connectivity index (χ2n) is 5.02. The van der Waals surface area contributed by atoms with Gasteiger partial charge in [-0.05, 0) is 18.6 Å². The van der Waals surface area contributed by atoms with Gasteiger partial charge in [-0.15, -0.1) is 0 Å². The molecule has 18 heavy (non-hydrogen) atoms. The van der Waals surface area contributed by atoms with E-state index in [2.05, 4.69) is 46.4 Å². The minimum atomic E-state index is 0.595. The predicted molar refractivity (Wildman–Crippen MR) is 74.5 cm³/mol. The first-order valence-corrected chi connectivity index (χ1v) is 6.62. The number of hydrogen-bond donors (Lipinski definition) is 1. The topological polar surface area (TPSA) is 28.2 Å². The van der Waals surface area contributed by atoms with Gasteiger partial charge in [-0.3, -0.25) is 9.88 Å². The van der Waals surface area contributed by atoms with Crippen LogP contribution in [-0.2, 0) is 6.54 Å². The van der Waals surface area contributed by atoms with Gasteiger partial charge in [0.05, 0.1) is 5.52 Å². The molecule has 0 aliphatic carbocycles. The summed E-state index contributed by atoms with van der Waals surface area (Å²) >= 11 is 0. The van der Waals surface area contributed by atoms with Crippen LogP contribution >= 0.6 is 0 Å². The molecule has 1 aliphatic rings. The van der Waals surface area contributed by atoms with Gasteiger partial charge >= 0.3 is 0 Å². The molecule has 0 unspecified atom stereocenters. The van der Waals surface area contributed by atoms with Crippen molar-refractivity contribution in [2.45, 2.75) is 19.5 Å². The number of para-hydroxylation sites is 1. The summed E-state index contributed by atoms with van der Waals surface area (Å²) in [6.45, 7) is 6.56. The third-order valence-corrected chi connectivity index (χ3v) is 3.73. The van der Waals surface area contributed by atoms with Gasteiger partial charge in [0.15, 0.2) is 0 Å². The highest BCUT2D eigenvalue weighted by Crippen LogP contribution is 2.19. The average molecular weight is 241 g/mol. The molecule has 0 spiro atoms. The fourth-order valence-corrected chi connectivity index (χ4v) is 2.63. The van der Waals surface area contributed by atoms with E-state index in [1.165, 1.54) is 10.9 Å². The standard InChI is InChI=1S/C15H19N3/c1-12-10-16-8-9-18(12)11-14-5-2-4-13-6-3-7-17-15(13)14/h2-7,12,16H,8-11H2,1H3/t12-/m0/s1. The van der Waals surface area contributed by atoms with Gasteiger partial charge in [0.1, 0.15) is 0 Å². The zero-order chi connectivity index (χ0) is 12.4. The largest absolute Gasteiger partial charge is 0.314 e. The Morgan fingerprint density at radius 3 is 3.11 bits per heavy atom. The van der Waals surface area contributed by atoms with Crippen molar-refractivity contribution < 1.29 is 0 Å². The second-order valence-corrected chi connectivity index (χ2v) is 5.02. The maximum atomic E-state index is 4.53. The summed E-state index contributed by atoms with van der Waals surface area (Å²) in [5, 5.41) is 4.66. The molecule has 94 valence electrons. The smallest absolute Gasteiger partial charge is 0.0746 e. The number of pyridine rings is 1. The molecule has 0 saturated carbocycles. The van der Waals surface area contributed by atoms with Gasteiger partial charge in [0, 0.05) is 43.8 Å². The van der Waals surface area contributed by atoms with Gasteiger partial charge in [-0.25, -0.2) is 0 Å². The van der Waals surface area contributed by atoms with E-state index < -0.39 is 0 Å². The molecule has 0 radical (unpaired) electrons. The van der Waals surface area contributed by atoms with Crippen LogP contribution in [0.5, 0.6) is 0 Å². The number of nitrogens with zero attached hydrogens (tertiary/aromatic N) is 2. The van der Waals surface area contributed by atoms with Crippen molar-refractivity contribution in [3.8, 4) is 0 Å². The summed E-state index contributed by atoms with van der Waals surface area (Å²) in [6, 6.07) is 11.2. The number of nitrogens with one attached hydrogen (secondary N) is 1. The molecular weight excluding hydrogens is 222 g/mol. The Labute approximate surface area is 108 Å². The molecule has 1 aromatic carbocycles. The fourth-order valence-electron chi connectivity index (χ4n) is 2.63. The average Bonchev–Trinajstić information content (AvgIpc) is 2.42. The van der Waals surface area contributed by atoms with E-state index in [0.29, 0.717) is 6.04 Å². The van der Waals surface area contributed by atoms with Gasteiger partial charge < -0.3 is 5.32 Å². The van der Waals surface area contributed by atoms with Crippen molar-refractivity contribution in [3.63, 3.8) is 0 Å². The van der Waals surface area contributed by atoms with E-state index in [9.17, 15) is 0 Å². The second kappa shape index (κ2) is 5.04. The molecule has 1 aliphatic heterocycles. The Bertz CT molecular complexity index is 533. The maximum absolute atomic E-state index is 4.53. The Hall–Kier alpha value is -1.45. The highest BCUT2D eigenvalue weighted by Gasteiger charge is 2.18. The number of aromatic nitrogens is 1. The normalized spacial score (nSPS) is 21.3. The van der Waals surface area contributed by atoms with Crippen LogP contribution in [0.1, 0.15) is 12.5 Å². The van der Waals surface area contributed by atoms with Crippen molar-refractivity contribution in [2.24, 2.45) is 0 Å². The quantitative estimate of drug-likeness (QED) is 0.872. The van der Waals surface area contributed by atoms with Crippen LogP contribution < -0.4 is 5.32 Å². The van der Waals surface area contributed by atoms with E-state index in [-0.39, 0.29) is 0 Å². The minimum Gasteiger partial charge on any atom is -0.314 e. The summed E-state index contributed by atoms with van der Waals surface area (Å²) in [5.41, 5.74) is 2.48. The lowest BCUT2D eigenvalue weighted by molar-refractivity contribution is 0.166. The molecule has 1 N–H and O–H groups in total. The lowest BCUT2D eigenvalue weighted by atomic mass is 10.1. The summed E-state index contributed by atoms with van der Waals surface area (Å²) in [6.07, 6.45) is 1.88. The van der Waals surface area contributed by atoms with Crippen LogP contribution in [-0.4, -0.2) is 35.6 Å². The first kappa shape index (κ1) is 11.6. The molecule has 1 atom stereocenters. The molecule has 3 heteroatoms. The van der Waals surface area contributed by atoms with E-state index in [4.69, 9.17) is 0 Å². The van der Waals surface area contributed by atoms with Crippen LogP contribution in [0.2, 0.25) is 0 Å². The SMILES string of the molecule is C[C@H]1CNCCN1Cc1cccc2cccnc12. The number of fused-ring (bicyclic) bond motifs is 1. The van der Waals surface area contributed by atoms with E-state index in [0.717, 1.165) is 31.7 Å². The molecule has 1 aromatic heterocycles. The molecule has 1 saturated heterocycles. The summed E-state index contributed by atoms with van der Waals surface area (Å²) in [4.78, 5) is 7.06. The minimum absolute atomic E-state index is 0.595. The third kappa shape index (κ3) is 2.24. The van der Waals surface area contributed by atoms with Crippen molar-refractivity contribution in [1.82, 2.24) is 15.2 Å². The van der Waals surface area contributed by atoms with Gasteiger partial charge in [0.2, 0.25) is 0 Å². The molecular formula is C15H19N3. The van der Waals surface area contributed by atoms with Gasteiger partial charge in [-0.1, -0.05) is 24.3 Å². The van der Waals surface area contributed by atoms with Gasteiger partial charge in [0.25, 0.3) is 0 Å². The molecule has 2 heterocycles. The molecule has 2 aromatic rings. The number of rotatable bonds is 2. The van der Waals surface area contributed by atoms with Gasteiger partial charge in [-0.2, -0.15) is 0 Å². The van der Waals surface area contributed by atoms with Crippen LogP contribution in [0.3, 0.4) is 0 Å². The Kier molecular flexibility index (Phi) is 3.26.